The molecule has 146 valence electrons. The number of nitrogens with one attached hydrogen (secondary N) is 1. The van der Waals surface area contributed by atoms with E-state index in [1.807, 2.05) is 42.1 Å². The molecule has 0 bridgehead atoms. The van der Waals surface area contributed by atoms with Crippen LogP contribution < -0.4 is 10.1 Å². The van der Waals surface area contributed by atoms with E-state index in [2.05, 4.69) is 42.3 Å². The van der Waals surface area contributed by atoms with Gasteiger partial charge in [0.1, 0.15) is 17.6 Å². The zero-order valence-electron chi connectivity index (χ0n) is 16.9. The van der Waals surface area contributed by atoms with Crippen molar-refractivity contribution in [1.29, 1.82) is 0 Å². The van der Waals surface area contributed by atoms with Gasteiger partial charge in [-0.2, -0.15) is 0 Å². The highest BCUT2D eigenvalue weighted by Crippen LogP contribution is 2.23. The molecular formula is C23H27N3O2. The minimum Gasteiger partial charge on any atom is -0.497 e. The second kappa shape index (κ2) is 8.74. The first kappa shape index (κ1) is 19.7. The topological polar surface area (TPSA) is 56.1 Å². The number of ether oxygens (including phenoxy) is 1. The van der Waals surface area contributed by atoms with Crippen molar-refractivity contribution in [3.05, 3.63) is 82.9 Å². The minimum absolute atomic E-state index is 0.00351. The first-order valence-electron chi connectivity index (χ1n) is 9.44. The number of hydrogen-bond donors (Lipinski definition) is 1. The monoisotopic (exact) mass is 377 g/mol. The summed E-state index contributed by atoms with van der Waals surface area (Å²) in [7, 11) is 3.57. The molecule has 2 aromatic carbocycles. The summed E-state index contributed by atoms with van der Waals surface area (Å²) in [6.45, 7) is 4.17. The number of carbonyl (C=O) groups is 1. The van der Waals surface area contributed by atoms with E-state index in [4.69, 9.17) is 4.74 Å². The third kappa shape index (κ3) is 4.60. The summed E-state index contributed by atoms with van der Waals surface area (Å²) < 4.78 is 7.17. The van der Waals surface area contributed by atoms with E-state index in [0.717, 1.165) is 17.1 Å². The standard InChI is InChI=1S/C23H27N3O2/c1-16-5-6-18(17(2)15-16)9-12-21(27)25-22(23-24-13-14-26(23)3)19-7-10-20(28-4)11-8-19/h5-8,10-11,13-15,22H,9,12H2,1-4H3,(H,25,27). The summed E-state index contributed by atoms with van der Waals surface area (Å²) in [5.41, 5.74) is 4.64. The van der Waals surface area contributed by atoms with Crippen LogP contribution in [-0.2, 0) is 18.3 Å². The van der Waals surface area contributed by atoms with E-state index < -0.39 is 0 Å². The largest absolute Gasteiger partial charge is 0.497 e. The summed E-state index contributed by atoms with van der Waals surface area (Å²) in [6, 6.07) is 13.8. The highest BCUT2D eigenvalue weighted by molar-refractivity contribution is 5.77. The molecule has 0 aliphatic rings. The minimum atomic E-state index is -0.308. The van der Waals surface area contributed by atoms with Crippen molar-refractivity contribution >= 4 is 5.91 Å². The molecule has 0 saturated heterocycles. The van der Waals surface area contributed by atoms with Gasteiger partial charge in [0, 0.05) is 25.9 Å². The smallest absolute Gasteiger partial charge is 0.221 e. The molecule has 1 atom stereocenters. The molecule has 0 fully saturated rings. The predicted molar refractivity (Wildman–Crippen MR) is 110 cm³/mol. The Morgan fingerprint density at radius 2 is 1.93 bits per heavy atom. The van der Waals surface area contributed by atoms with Crippen LogP contribution in [0.15, 0.2) is 54.9 Å². The van der Waals surface area contributed by atoms with Crippen molar-refractivity contribution in [2.75, 3.05) is 7.11 Å². The number of rotatable bonds is 7. The van der Waals surface area contributed by atoms with Crippen LogP contribution in [0.3, 0.4) is 0 Å². The summed E-state index contributed by atoms with van der Waals surface area (Å²) in [5.74, 6) is 1.58. The van der Waals surface area contributed by atoms with Crippen molar-refractivity contribution < 1.29 is 9.53 Å². The van der Waals surface area contributed by atoms with E-state index >= 15 is 0 Å². The second-order valence-corrected chi connectivity index (χ2v) is 7.10. The Labute approximate surface area is 166 Å². The van der Waals surface area contributed by atoms with Crippen molar-refractivity contribution in [1.82, 2.24) is 14.9 Å². The van der Waals surface area contributed by atoms with E-state index in [-0.39, 0.29) is 11.9 Å². The number of methoxy groups -OCH3 is 1. The number of amides is 1. The average molecular weight is 377 g/mol. The van der Waals surface area contributed by atoms with Gasteiger partial charge in [0.05, 0.1) is 7.11 Å². The van der Waals surface area contributed by atoms with Gasteiger partial charge in [-0.05, 0) is 49.1 Å². The molecule has 0 radical (unpaired) electrons. The lowest BCUT2D eigenvalue weighted by Crippen LogP contribution is -2.31. The van der Waals surface area contributed by atoms with Crippen LogP contribution in [0.4, 0.5) is 0 Å². The van der Waals surface area contributed by atoms with Gasteiger partial charge in [-0.1, -0.05) is 35.9 Å². The van der Waals surface area contributed by atoms with Crippen LogP contribution in [0.1, 0.15) is 40.5 Å². The Morgan fingerprint density at radius 1 is 1.18 bits per heavy atom. The fourth-order valence-electron chi connectivity index (χ4n) is 3.36. The van der Waals surface area contributed by atoms with Gasteiger partial charge in [-0.3, -0.25) is 4.79 Å². The number of benzene rings is 2. The molecule has 0 aliphatic heterocycles. The quantitative estimate of drug-likeness (QED) is 0.680. The van der Waals surface area contributed by atoms with Gasteiger partial charge in [-0.15, -0.1) is 0 Å². The predicted octanol–water partition coefficient (Wildman–Crippen LogP) is 3.88. The molecule has 5 nitrogen and oxygen atoms in total. The lowest BCUT2D eigenvalue weighted by atomic mass is 10.0. The molecule has 28 heavy (non-hydrogen) atoms. The Kier molecular flexibility index (Phi) is 6.14. The summed E-state index contributed by atoms with van der Waals surface area (Å²) in [4.78, 5) is 17.2. The number of imidazole rings is 1. The van der Waals surface area contributed by atoms with E-state index in [0.29, 0.717) is 12.8 Å². The van der Waals surface area contributed by atoms with Gasteiger partial charge >= 0.3 is 0 Å². The van der Waals surface area contributed by atoms with Crippen molar-refractivity contribution in [3.8, 4) is 5.75 Å². The number of nitrogens with zero attached hydrogens (tertiary/aromatic N) is 2. The maximum Gasteiger partial charge on any atom is 0.221 e. The molecule has 1 aromatic heterocycles. The van der Waals surface area contributed by atoms with Crippen molar-refractivity contribution in [2.24, 2.45) is 7.05 Å². The summed E-state index contributed by atoms with van der Waals surface area (Å²) >= 11 is 0. The molecule has 1 heterocycles. The fraction of sp³-hybridized carbons (Fsp3) is 0.304. The molecule has 5 heteroatoms. The Hall–Kier alpha value is -3.08. The average Bonchev–Trinajstić information content (AvgIpc) is 3.11. The zero-order chi connectivity index (χ0) is 20.1. The Morgan fingerprint density at radius 3 is 2.54 bits per heavy atom. The number of aromatic nitrogens is 2. The maximum atomic E-state index is 12.7. The van der Waals surface area contributed by atoms with Gasteiger partial charge in [0.15, 0.2) is 0 Å². The van der Waals surface area contributed by atoms with Crippen LogP contribution in [0.5, 0.6) is 5.75 Å². The van der Waals surface area contributed by atoms with Gasteiger partial charge < -0.3 is 14.6 Å². The molecule has 1 N–H and O–H groups in total. The highest BCUT2D eigenvalue weighted by Gasteiger charge is 2.20. The van der Waals surface area contributed by atoms with E-state index in [1.54, 1.807) is 13.3 Å². The lowest BCUT2D eigenvalue weighted by Gasteiger charge is -2.19. The SMILES string of the molecule is COc1ccc(C(NC(=O)CCc2ccc(C)cc2C)c2nccn2C)cc1. The van der Waals surface area contributed by atoms with Gasteiger partial charge in [-0.25, -0.2) is 4.98 Å². The van der Waals surface area contributed by atoms with Gasteiger partial charge in [0.25, 0.3) is 0 Å². The van der Waals surface area contributed by atoms with Crippen LogP contribution in [0.2, 0.25) is 0 Å². The van der Waals surface area contributed by atoms with Gasteiger partial charge in [0.2, 0.25) is 5.91 Å². The molecular weight excluding hydrogens is 350 g/mol. The lowest BCUT2D eigenvalue weighted by molar-refractivity contribution is -0.121. The molecule has 0 spiro atoms. The fourth-order valence-corrected chi connectivity index (χ4v) is 3.36. The Bertz CT molecular complexity index is 945. The third-order valence-corrected chi connectivity index (χ3v) is 4.99. The first-order valence-corrected chi connectivity index (χ1v) is 9.44. The first-order chi connectivity index (χ1) is 13.5. The van der Waals surface area contributed by atoms with E-state index in [9.17, 15) is 4.79 Å². The molecule has 3 rings (SSSR count). The van der Waals surface area contributed by atoms with Crippen LogP contribution in [0.25, 0.3) is 0 Å². The second-order valence-electron chi connectivity index (χ2n) is 7.10. The third-order valence-electron chi connectivity index (χ3n) is 4.99. The summed E-state index contributed by atoms with van der Waals surface area (Å²) in [5, 5.41) is 3.15. The Balaban J connectivity index is 1.75. The van der Waals surface area contributed by atoms with E-state index in [1.165, 1.54) is 16.7 Å². The molecule has 3 aromatic rings. The van der Waals surface area contributed by atoms with Crippen molar-refractivity contribution in [2.45, 2.75) is 32.7 Å². The van der Waals surface area contributed by atoms with Crippen LogP contribution >= 0.6 is 0 Å². The number of aryl methyl sites for hydroxylation is 4. The highest BCUT2D eigenvalue weighted by atomic mass is 16.5. The zero-order valence-corrected chi connectivity index (χ0v) is 16.9. The normalized spacial score (nSPS) is 11.9. The maximum absolute atomic E-state index is 12.7. The summed E-state index contributed by atoms with van der Waals surface area (Å²) in [6.07, 6.45) is 4.77. The van der Waals surface area contributed by atoms with Crippen molar-refractivity contribution in [3.63, 3.8) is 0 Å². The number of hydrogen-bond acceptors (Lipinski definition) is 3. The number of carbonyl (C=O) groups excluding carboxylic acids is 1. The molecule has 0 aliphatic carbocycles. The molecule has 0 saturated carbocycles. The molecule has 1 unspecified atom stereocenters. The molecule has 1 amide bonds. The van der Waals surface area contributed by atoms with Crippen LogP contribution in [-0.4, -0.2) is 22.6 Å². The van der Waals surface area contributed by atoms with Crippen LogP contribution in [0, 0.1) is 13.8 Å².